The van der Waals surface area contributed by atoms with Gasteiger partial charge in [-0.05, 0) is 99.6 Å². The standard InChI is InChI=1S/C33H33F8NO4S/c1-19-17-23(5-7-25(19)34)47(45,46)30-15-16-42(27(44)29-12-9-28(10-13-29,11-14-29)20(2)43)26(30)8-3-21-18-22(4-6-24(21)30)31(35,32(36,37)38)33(39,40)41/h4-7,17-18,26,43H,2-3,8-16H2,1H3. The number of nitrogens with zero attached hydrogens (tertiary/aromatic N) is 1. The molecule has 1 amide bonds. The van der Waals surface area contributed by atoms with E-state index in [0.29, 0.717) is 50.7 Å². The fraction of sp³-hybridized carbons (Fsp3) is 0.545. The Balaban J connectivity index is 1.48. The van der Waals surface area contributed by atoms with Crippen LogP contribution in [-0.2, 0) is 31.5 Å². The van der Waals surface area contributed by atoms with Crippen molar-refractivity contribution in [3.63, 3.8) is 0 Å². The van der Waals surface area contributed by atoms with Crippen molar-refractivity contribution < 1.29 is 53.4 Å². The molecule has 0 aromatic heterocycles. The van der Waals surface area contributed by atoms with Crippen LogP contribution in [0.25, 0.3) is 0 Å². The number of likely N-dealkylation sites (tertiary alicyclic amines) is 1. The normalized spacial score (nSPS) is 29.4. The first kappa shape index (κ1) is 33.7. The lowest BCUT2D eigenvalue weighted by molar-refractivity contribution is -0.348. The van der Waals surface area contributed by atoms with E-state index in [1.165, 1.54) is 11.8 Å². The number of hydrogen-bond acceptors (Lipinski definition) is 4. The Labute approximate surface area is 266 Å². The van der Waals surface area contributed by atoms with Crippen molar-refractivity contribution in [3.8, 4) is 0 Å². The van der Waals surface area contributed by atoms with Crippen molar-refractivity contribution in [1.29, 1.82) is 0 Å². The Hall–Kier alpha value is -3.16. The third-order valence-electron chi connectivity index (χ3n) is 11.6. The Bertz CT molecular complexity index is 1730. The summed E-state index contributed by atoms with van der Waals surface area (Å²) in [5.41, 5.74) is -9.07. The van der Waals surface area contributed by atoms with Gasteiger partial charge in [0.25, 0.3) is 0 Å². The van der Waals surface area contributed by atoms with E-state index in [1.807, 2.05) is 0 Å². The van der Waals surface area contributed by atoms with Crippen LogP contribution in [0.5, 0.6) is 0 Å². The van der Waals surface area contributed by atoms with E-state index in [1.54, 1.807) is 0 Å². The molecule has 5 aliphatic rings. The molecule has 0 spiro atoms. The van der Waals surface area contributed by atoms with Crippen LogP contribution in [0.15, 0.2) is 53.6 Å². The third-order valence-corrected chi connectivity index (χ3v) is 14.1. The highest BCUT2D eigenvalue weighted by Crippen LogP contribution is 2.62. The Morgan fingerprint density at radius 1 is 0.894 bits per heavy atom. The second-order valence-corrected chi connectivity index (χ2v) is 15.8. The summed E-state index contributed by atoms with van der Waals surface area (Å²) in [6.45, 7) is 4.99. The first-order chi connectivity index (χ1) is 21.7. The quantitative estimate of drug-likeness (QED) is 0.196. The maximum atomic E-state index is 15.1. The van der Waals surface area contributed by atoms with Crippen LogP contribution < -0.4 is 0 Å². The summed E-state index contributed by atoms with van der Waals surface area (Å²) >= 11 is 0. The van der Waals surface area contributed by atoms with E-state index >= 15 is 4.39 Å². The summed E-state index contributed by atoms with van der Waals surface area (Å²) < 4.78 is 139. The van der Waals surface area contributed by atoms with E-state index in [0.717, 1.165) is 24.3 Å². The second-order valence-electron chi connectivity index (χ2n) is 13.6. The van der Waals surface area contributed by atoms with Gasteiger partial charge >= 0.3 is 18.0 Å². The number of fused-ring (bicyclic) bond motifs is 6. The number of amides is 1. The molecule has 4 fully saturated rings. The number of carbonyl (C=O) groups excluding carboxylic acids is 1. The van der Waals surface area contributed by atoms with Crippen LogP contribution in [0.3, 0.4) is 0 Å². The van der Waals surface area contributed by atoms with Crippen LogP contribution in [-0.4, -0.2) is 49.3 Å². The van der Waals surface area contributed by atoms with Crippen molar-refractivity contribution in [2.45, 2.75) is 98.4 Å². The predicted octanol–water partition coefficient (Wildman–Crippen LogP) is 8.05. The van der Waals surface area contributed by atoms with Crippen LogP contribution in [0, 0.1) is 23.6 Å². The number of allylic oxidation sites excluding steroid dienone is 1. The molecular formula is C33H33F8NO4S. The molecule has 1 heterocycles. The van der Waals surface area contributed by atoms with Gasteiger partial charge in [0.05, 0.1) is 16.7 Å². The Morgan fingerprint density at radius 3 is 2.00 bits per heavy atom. The molecule has 47 heavy (non-hydrogen) atoms. The first-order valence-electron chi connectivity index (χ1n) is 15.3. The molecular weight excluding hydrogens is 658 g/mol. The number of alkyl halides is 7. The zero-order chi connectivity index (χ0) is 34.6. The monoisotopic (exact) mass is 691 g/mol. The van der Waals surface area contributed by atoms with Gasteiger partial charge in [0.1, 0.15) is 10.6 Å². The number of aryl methyl sites for hydroxylation is 2. The minimum Gasteiger partial charge on any atom is -0.512 e. The fourth-order valence-electron chi connectivity index (χ4n) is 8.71. The average molecular weight is 692 g/mol. The van der Waals surface area contributed by atoms with E-state index in [4.69, 9.17) is 0 Å². The molecule has 2 unspecified atom stereocenters. The van der Waals surface area contributed by atoms with Crippen LogP contribution in [0.2, 0.25) is 0 Å². The SMILES string of the molecule is C=C(O)C12CCC(C(=O)N3CCC4(S(=O)(=O)c5ccc(F)c(C)c5)c5ccc(C(F)(C(F)(F)F)C(F)(F)F)cc5CCC34)(CC1)CC2. The van der Waals surface area contributed by atoms with E-state index in [-0.39, 0.29) is 59.1 Å². The summed E-state index contributed by atoms with van der Waals surface area (Å²) in [7, 11) is -4.60. The molecule has 3 saturated carbocycles. The Kier molecular flexibility index (Phi) is 7.48. The van der Waals surface area contributed by atoms with Gasteiger partial charge in [-0.1, -0.05) is 24.8 Å². The molecule has 2 aromatic carbocycles. The number of aliphatic hydroxyl groups excluding tert-OH is 1. The number of aliphatic hydroxyl groups is 1. The minimum absolute atomic E-state index is 0.00819. The van der Waals surface area contributed by atoms with E-state index in [9.17, 15) is 49.1 Å². The number of hydrogen-bond donors (Lipinski definition) is 1. The number of benzene rings is 2. The summed E-state index contributed by atoms with van der Waals surface area (Å²) in [5, 5.41) is 10.2. The zero-order valence-electron chi connectivity index (χ0n) is 25.4. The molecule has 1 aliphatic heterocycles. The van der Waals surface area contributed by atoms with Crippen molar-refractivity contribution >= 4 is 15.7 Å². The minimum atomic E-state index is -6.36. The smallest absolute Gasteiger partial charge is 0.435 e. The largest absolute Gasteiger partial charge is 0.512 e. The van der Waals surface area contributed by atoms with Gasteiger partial charge in [0.15, 0.2) is 9.84 Å². The summed E-state index contributed by atoms with van der Waals surface area (Å²) in [5.74, 6) is -0.914. The van der Waals surface area contributed by atoms with Crippen molar-refractivity contribution in [1.82, 2.24) is 4.90 Å². The molecule has 2 bridgehead atoms. The van der Waals surface area contributed by atoms with E-state index < -0.39 is 60.9 Å². The number of sulfone groups is 1. The molecule has 2 aromatic rings. The summed E-state index contributed by atoms with van der Waals surface area (Å²) in [4.78, 5) is 15.6. The first-order valence-corrected chi connectivity index (χ1v) is 16.8. The van der Waals surface area contributed by atoms with Gasteiger partial charge in [-0.3, -0.25) is 4.79 Å². The van der Waals surface area contributed by atoms with Gasteiger partial charge in [0, 0.05) is 22.9 Å². The topological polar surface area (TPSA) is 74.7 Å². The van der Waals surface area contributed by atoms with Crippen molar-refractivity contribution in [3.05, 3.63) is 76.8 Å². The van der Waals surface area contributed by atoms with E-state index in [2.05, 4.69) is 6.58 Å². The highest BCUT2D eigenvalue weighted by atomic mass is 32.2. The lowest BCUT2D eigenvalue weighted by Gasteiger charge is -2.53. The molecule has 5 nitrogen and oxygen atoms in total. The lowest BCUT2D eigenvalue weighted by Crippen LogP contribution is -2.57. The number of halogens is 8. The molecule has 14 heteroatoms. The molecule has 1 N–H and O–H groups in total. The van der Waals surface area contributed by atoms with Gasteiger partial charge < -0.3 is 10.0 Å². The molecule has 4 aliphatic carbocycles. The molecule has 0 radical (unpaired) electrons. The fourth-order valence-corrected chi connectivity index (χ4v) is 11.2. The number of carbonyl (C=O) groups is 1. The highest BCUT2D eigenvalue weighted by Gasteiger charge is 2.74. The second kappa shape index (κ2) is 10.4. The van der Waals surface area contributed by atoms with Gasteiger partial charge in [-0.15, -0.1) is 0 Å². The van der Waals surface area contributed by atoms with Gasteiger partial charge in [-0.2, -0.15) is 26.3 Å². The molecule has 7 rings (SSSR count). The zero-order valence-corrected chi connectivity index (χ0v) is 26.2. The number of rotatable bonds is 5. The summed E-state index contributed by atoms with van der Waals surface area (Å²) in [6.07, 6.45) is -10.5. The van der Waals surface area contributed by atoms with Crippen LogP contribution >= 0.6 is 0 Å². The summed E-state index contributed by atoms with van der Waals surface area (Å²) in [6, 6.07) is 3.61. The average Bonchev–Trinajstić information content (AvgIpc) is 3.42. The van der Waals surface area contributed by atoms with Gasteiger partial charge in [-0.25, -0.2) is 17.2 Å². The highest BCUT2D eigenvalue weighted by molar-refractivity contribution is 7.92. The maximum Gasteiger partial charge on any atom is 0.435 e. The molecule has 256 valence electrons. The lowest BCUT2D eigenvalue weighted by atomic mass is 9.52. The van der Waals surface area contributed by atoms with Gasteiger partial charge in [0.2, 0.25) is 5.91 Å². The van der Waals surface area contributed by atoms with Crippen molar-refractivity contribution in [2.75, 3.05) is 6.54 Å². The maximum absolute atomic E-state index is 15.1. The van der Waals surface area contributed by atoms with Crippen LogP contribution in [0.4, 0.5) is 35.1 Å². The third kappa shape index (κ3) is 4.51. The molecule has 1 saturated heterocycles. The molecule has 2 atom stereocenters. The predicted molar refractivity (Wildman–Crippen MR) is 154 cm³/mol. The Morgan fingerprint density at radius 2 is 1.47 bits per heavy atom. The van der Waals surface area contributed by atoms with Crippen LogP contribution in [0.1, 0.15) is 73.6 Å². The van der Waals surface area contributed by atoms with Crippen molar-refractivity contribution in [2.24, 2.45) is 10.8 Å².